The van der Waals surface area contributed by atoms with Gasteiger partial charge in [-0.25, -0.2) is 13.2 Å². The summed E-state index contributed by atoms with van der Waals surface area (Å²) in [6.45, 7) is 1.27. The van der Waals surface area contributed by atoms with E-state index in [-0.39, 0.29) is 42.4 Å². The van der Waals surface area contributed by atoms with Crippen molar-refractivity contribution >= 4 is 51.2 Å². The minimum Gasteiger partial charge on any atom is -0.504 e. The summed E-state index contributed by atoms with van der Waals surface area (Å²) in [4.78, 5) is 55.4. The normalized spacial score (nSPS) is 27.7. The number of benzene rings is 1. The van der Waals surface area contributed by atoms with Gasteiger partial charge < -0.3 is 25.1 Å². The van der Waals surface area contributed by atoms with E-state index in [0.717, 1.165) is 17.2 Å². The summed E-state index contributed by atoms with van der Waals surface area (Å²) < 4.78 is 23.8. The molecule has 0 aromatic heterocycles. The maximum Gasteiger partial charge on any atom is 0.328 e. The Bertz CT molecular complexity index is 1290. The monoisotopic (exact) mass is 541 g/mol. The van der Waals surface area contributed by atoms with Crippen molar-refractivity contribution in [2.24, 2.45) is 10.9 Å². The number of nitrogens with zero attached hydrogens (tertiary/aromatic N) is 3. The fraction of sp³-hybridized carbons (Fsp3) is 0.500. The highest BCUT2D eigenvalue weighted by Crippen LogP contribution is 2.45. The number of carboxylic acid groups (broad SMARTS) is 1. The average molecular weight is 542 g/mol. The Balaban J connectivity index is 1.38. The Morgan fingerprint density at radius 3 is 2.44 bits per heavy atom. The van der Waals surface area contributed by atoms with Crippen LogP contribution in [-0.2, 0) is 24.2 Å². The molecule has 1 aromatic carbocycles. The minimum absolute atomic E-state index is 0.0172. The zero-order valence-corrected chi connectivity index (χ0v) is 20.7. The molecule has 3 aliphatic heterocycles. The average Bonchev–Trinajstić information content (AvgIpc) is 2.97. The predicted octanol–water partition coefficient (Wildman–Crippen LogP) is 0.442. The standard InChI is InChI=1S/C22H24ClN3O9S/c1-22(19(21(32)33)26-15(29)8-16(26)36(22,34)35)10-24-9-14(28)11-4-6-25(7-5-11)20(31)12-2-3-13(27)18(30)17(12)23/h2-3,10-11,16,19,27,30H,4-9H2,1H3,(H,32,33)/t16-,19+,22+/m1/s1. The minimum atomic E-state index is -4.05. The highest BCUT2D eigenvalue weighted by molar-refractivity contribution is 7.94. The molecule has 12 nitrogen and oxygen atoms in total. The first-order valence-electron chi connectivity index (χ1n) is 11.1. The number of aliphatic imine (C=N–C) groups is 1. The van der Waals surface area contributed by atoms with E-state index < -0.39 is 61.2 Å². The van der Waals surface area contributed by atoms with Crippen LogP contribution in [0.1, 0.15) is 36.5 Å². The van der Waals surface area contributed by atoms with Gasteiger partial charge in [0.15, 0.2) is 33.2 Å². The van der Waals surface area contributed by atoms with E-state index >= 15 is 0 Å². The summed E-state index contributed by atoms with van der Waals surface area (Å²) in [5, 5.41) is 27.3. The summed E-state index contributed by atoms with van der Waals surface area (Å²) in [6.07, 6.45) is 1.32. The lowest BCUT2D eigenvalue weighted by Gasteiger charge is -2.35. The van der Waals surface area contributed by atoms with Crippen LogP contribution in [0.3, 0.4) is 0 Å². The van der Waals surface area contributed by atoms with Crippen molar-refractivity contribution < 1.29 is 42.9 Å². The van der Waals surface area contributed by atoms with E-state index in [1.54, 1.807) is 0 Å². The van der Waals surface area contributed by atoms with Crippen LogP contribution in [-0.4, -0.2) is 99.1 Å². The van der Waals surface area contributed by atoms with Crippen molar-refractivity contribution in [2.75, 3.05) is 19.6 Å². The molecule has 0 aliphatic carbocycles. The number of sulfone groups is 1. The van der Waals surface area contributed by atoms with E-state index in [2.05, 4.69) is 4.99 Å². The summed E-state index contributed by atoms with van der Waals surface area (Å²) in [6, 6.07) is 0.832. The van der Waals surface area contributed by atoms with Crippen LogP contribution >= 0.6 is 11.6 Å². The third-order valence-electron chi connectivity index (χ3n) is 7.13. The number of phenols is 2. The number of aromatic hydroxyl groups is 2. The lowest BCUT2D eigenvalue weighted by molar-refractivity contribution is -0.156. The molecule has 3 fully saturated rings. The van der Waals surface area contributed by atoms with Gasteiger partial charge in [-0.15, -0.1) is 0 Å². The molecule has 3 atom stereocenters. The predicted molar refractivity (Wildman–Crippen MR) is 126 cm³/mol. The van der Waals surface area contributed by atoms with Gasteiger partial charge >= 0.3 is 5.97 Å². The fourth-order valence-electron chi connectivity index (χ4n) is 4.94. The maximum absolute atomic E-state index is 12.9. The lowest BCUT2D eigenvalue weighted by atomic mass is 9.92. The number of carboxylic acids is 1. The van der Waals surface area contributed by atoms with Crippen molar-refractivity contribution in [3.8, 4) is 11.5 Å². The number of carbonyl (C=O) groups excluding carboxylic acids is 3. The molecule has 0 spiro atoms. The largest absolute Gasteiger partial charge is 0.504 e. The topological polar surface area (TPSA) is 182 Å². The van der Waals surface area contributed by atoms with Gasteiger partial charge in [0, 0.05) is 25.2 Å². The molecule has 3 saturated heterocycles. The highest BCUT2D eigenvalue weighted by atomic mass is 35.5. The number of piperidine rings is 1. The molecule has 3 heterocycles. The summed E-state index contributed by atoms with van der Waals surface area (Å²) in [5.41, 5.74) is 0.0172. The molecule has 1 aromatic rings. The first kappa shape index (κ1) is 25.9. The summed E-state index contributed by atoms with van der Waals surface area (Å²) >= 11 is 5.97. The number of β-lactam (4-membered cyclic amide) rings is 1. The van der Waals surface area contributed by atoms with Gasteiger partial charge in [0.25, 0.3) is 5.91 Å². The van der Waals surface area contributed by atoms with Crippen molar-refractivity contribution in [1.82, 2.24) is 9.80 Å². The van der Waals surface area contributed by atoms with Crippen LogP contribution in [0.25, 0.3) is 0 Å². The van der Waals surface area contributed by atoms with E-state index in [1.807, 2.05) is 0 Å². The second-order valence-electron chi connectivity index (χ2n) is 9.23. The fourth-order valence-corrected chi connectivity index (χ4v) is 7.42. The van der Waals surface area contributed by atoms with Crippen molar-refractivity contribution in [3.05, 3.63) is 22.7 Å². The van der Waals surface area contributed by atoms with Crippen molar-refractivity contribution in [1.29, 1.82) is 0 Å². The Kier molecular flexibility index (Phi) is 6.50. The number of ketones is 1. The van der Waals surface area contributed by atoms with Crippen LogP contribution in [0.15, 0.2) is 17.1 Å². The molecule has 0 radical (unpaired) electrons. The van der Waals surface area contributed by atoms with Gasteiger partial charge in [-0.1, -0.05) is 11.6 Å². The number of hydrogen-bond donors (Lipinski definition) is 3. The molecule has 0 unspecified atom stereocenters. The molecule has 194 valence electrons. The van der Waals surface area contributed by atoms with Gasteiger partial charge in [-0.3, -0.25) is 19.4 Å². The summed E-state index contributed by atoms with van der Waals surface area (Å²) in [7, 11) is -4.05. The maximum atomic E-state index is 12.9. The molecule has 4 rings (SSSR count). The smallest absolute Gasteiger partial charge is 0.328 e. The zero-order chi connectivity index (χ0) is 26.6. The zero-order valence-electron chi connectivity index (χ0n) is 19.1. The van der Waals surface area contributed by atoms with Gasteiger partial charge in [-0.2, -0.15) is 0 Å². The van der Waals surface area contributed by atoms with E-state index in [9.17, 15) is 42.9 Å². The van der Waals surface area contributed by atoms with E-state index in [1.165, 1.54) is 17.9 Å². The second-order valence-corrected chi connectivity index (χ2v) is 12.1. The third kappa shape index (κ3) is 3.90. The quantitative estimate of drug-likeness (QED) is 0.261. The number of aliphatic carboxylic acids is 1. The van der Waals surface area contributed by atoms with Crippen LogP contribution < -0.4 is 0 Å². The Morgan fingerprint density at radius 2 is 1.86 bits per heavy atom. The number of halogens is 1. The van der Waals surface area contributed by atoms with Crippen LogP contribution in [0, 0.1) is 5.92 Å². The number of amides is 2. The number of fused-ring (bicyclic) bond motifs is 1. The SMILES string of the molecule is C[C@]1(C=NCC(=O)C2CCN(C(=O)c3ccc(O)c(O)c3Cl)CC2)[C@H](C(=O)O)N2C(=O)C[C@H]2S1(=O)=O. The lowest BCUT2D eigenvalue weighted by Crippen LogP contribution is -2.57. The number of carbonyl (C=O) groups is 4. The molecule has 3 aliphatic rings. The Morgan fingerprint density at radius 1 is 1.22 bits per heavy atom. The number of likely N-dealkylation sites (tertiary alicyclic amines) is 1. The molecular formula is C22H24ClN3O9S. The van der Waals surface area contributed by atoms with Gasteiger partial charge in [0.05, 0.1) is 23.6 Å². The Labute approximate surface area is 211 Å². The van der Waals surface area contributed by atoms with Crippen molar-refractivity contribution in [2.45, 2.75) is 42.3 Å². The molecule has 0 bridgehead atoms. The molecule has 14 heteroatoms. The summed E-state index contributed by atoms with van der Waals surface area (Å²) in [5.74, 6) is -4.27. The molecule has 3 N–H and O–H groups in total. The number of rotatable bonds is 6. The third-order valence-corrected chi connectivity index (χ3v) is 10.2. The van der Waals surface area contributed by atoms with E-state index in [0.29, 0.717) is 12.8 Å². The molecule has 0 saturated carbocycles. The molecular weight excluding hydrogens is 518 g/mol. The number of Topliss-reactive ketones (excluding diaryl/α,β-unsaturated/α-hetero) is 1. The van der Waals surface area contributed by atoms with Crippen LogP contribution in [0.4, 0.5) is 0 Å². The van der Waals surface area contributed by atoms with E-state index in [4.69, 9.17) is 11.6 Å². The van der Waals surface area contributed by atoms with Crippen molar-refractivity contribution in [3.63, 3.8) is 0 Å². The van der Waals surface area contributed by atoms with Crippen LogP contribution in [0.2, 0.25) is 5.02 Å². The second kappa shape index (κ2) is 9.04. The van der Waals surface area contributed by atoms with Crippen LogP contribution in [0.5, 0.6) is 11.5 Å². The Hall–Kier alpha value is -3.19. The number of phenolic OH excluding ortho intramolecular Hbond substituents is 2. The highest BCUT2D eigenvalue weighted by Gasteiger charge is 2.69. The molecule has 36 heavy (non-hydrogen) atoms. The first-order chi connectivity index (χ1) is 16.8. The van der Waals surface area contributed by atoms with Gasteiger partial charge in [-0.05, 0) is 31.9 Å². The van der Waals surface area contributed by atoms with Gasteiger partial charge in [0.1, 0.15) is 10.1 Å². The van der Waals surface area contributed by atoms with Gasteiger partial charge in [0.2, 0.25) is 5.91 Å². The number of hydrogen-bond acceptors (Lipinski definition) is 9. The first-order valence-corrected chi connectivity index (χ1v) is 13.0. The molecule has 2 amide bonds.